The first-order chi connectivity index (χ1) is 6.09. The fourth-order valence-corrected chi connectivity index (χ4v) is 0.944. The van der Waals surface area contributed by atoms with Gasteiger partial charge in [-0.05, 0) is 30.7 Å². The zero-order valence-electron chi connectivity index (χ0n) is 7.62. The Morgan fingerprint density at radius 1 is 1.71 bits per heavy atom. The van der Waals surface area contributed by atoms with Crippen LogP contribution in [-0.4, -0.2) is 11.9 Å². The van der Waals surface area contributed by atoms with Gasteiger partial charge in [0.25, 0.3) is 0 Å². The van der Waals surface area contributed by atoms with Crippen molar-refractivity contribution in [1.29, 1.82) is 0 Å². The third kappa shape index (κ3) is 4.00. The van der Waals surface area contributed by atoms with Gasteiger partial charge in [0.05, 0.1) is 12.6 Å². The molecular weight excluding hydrogens is 227 g/mol. The average molecular weight is 239 g/mol. The Kier molecular flexibility index (Phi) is 5.60. The van der Waals surface area contributed by atoms with E-state index in [1.807, 2.05) is 0 Å². The summed E-state index contributed by atoms with van der Waals surface area (Å²) < 4.78 is 5.02. The summed E-state index contributed by atoms with van der Waals surface area (Å²) in [5.41, 5.74) is 5.34. The van der Waals surface area contributed by atoms with Crippen LogP contribution in [0, 0.1) is 0 Å². The lowest BCUT2D eigenvalue weighted by atomic mass is 10.3. The summed E-state index contributed by atoms with van der Waals surface area (Å²) in [5, 5.41) is 2.91. The number of halogens is 2. The van der Waals surface area contributed by atoms with Crippen molar-refractivity contribution < 1.29 is 9.21 Å². The van der Waals surface area contributed by atoms with E-state index in [4.69, 9.17) is 21.8 Å². The van der Waals surface area contributed by atoms with E-state index in [0.29, 0.717) is 17.5 Å². The summed E-state index contributed by atoms with van der Waals surface area (Å²) in [6, 6.07) is 2.81. The second-order valence-electron chi connectivity index (χ2n) is 2.71. The van der Waals surface area contributed by atoms with Crippen molar-refractivity contribution >= 4 is 29.9 Å². The Balaban J connectivity index is 0.00000169. The molecule has 1 aromatic heterocycles. The molecule has 0 aliphatic rings. The van der Waals surface area contributed by atoms with Gasteiger partial charge in [-0.15, -0.1) is 12.4 Å². The van der Waals surface area contributed by atoms with Crippen LogP contribution >= 0.6 is 24.0 Å². The lowest BCUT2D eigenvalue weighted by Gasteiger charge is -2.04. The minimum absolute atomic E-state index is 0. The molecule has 6 heteroatoms. The molecule has 0 saturated heterocycles. The van der Waals surface area contributed by atoms with E-state index in [0.717, 1.165) is 0 Å². The molecular formula is C8H12Cl2N2O2. The van der Waals surface area contributed by atoms with Crippen molar-refractivity contribution in [2.24, 2.45) is 5.73 Å². The van der Waals surface area contributed by atoms with Crippen LogP contribution in [0.5, 0.6) is 0 Å². The first kappa shape index (κ1) is 13.3. The molecule has 0 aliphatic carbocycles. The fraction of sp³-hybridized carbons (Fsp3) is 0.375. The molecule has 1 heterocycles. The summed E-state index contributed by atoms with van der Waals surface area (Å²) in [7, 11) is 0. The van der Waals surface area contributed by atoms with Crippen LogP contribution in [0.4, 0.5) is 0 Å². The first-order valence-corrected chi connectivity index (χ1v) is 4.25. The third-order valence-corrected chi connectivity index (χ3v) is 1.68. The quantitative estimate of drug-likeness (QED) is 0.835. The molecule has 0 aliphatic heterocycles. The fourth-order valence-electron chi connectivity index (χ4n) is 0.782. The monoisotopic (exact) mass is 238 g/mol. The molecule has 0 fully saturated rings. The van der Waals surface area contributed by atoms with Crippen molar-refractivity contribution in [3.8, 4) is 0 Å². The SMILES string of the molecule is C[C@@H](N)C(=O)NCc1ccc(Cl)o1.Cl. The van der Waals surface area contributed by atoms with E-state index in [1.54, 1.807) is 19.1 Å². The molecule has 0 spiro atoms. The second-order valence-corrected chi connectivity index (χ2v) is 3.08. The van der Waals surface area contributed by atoms with Gasteiger partial charge in [-0.3, -0.25) is 4.79 Å². The second kappa shape index (κ2) is 5.90. The van der Waals surface area contributed by atoms with E-state index >= 15 is 0 Å². The number of amides is 1. The first-order valence-electron chi connectivity index (χ1n) is 3.87. The summed E-state index contributed by atoms with van der Waals surface area (Å²) >= 11 is 5.53. The number of carbonyl (C=O) groups excluding carboxylic acids is 1. The highest BCUT2D eigenvalue weighted by Crippen LogP contribution is 2.12. The minimum atomic E-state index is -0.509. The maximum Gasteiger partial charge on any atom is 0.237 e. The highest BCUT2D eigenvalue weighted by Gasteiger charge is 2.07. The van der Waals surface area contributed by atoms with Gasteiger partial charge in [0.1, 0.15) is 5.76 Å². The predicted octanol–water partition coefficient (Wildman–Crippen LogP) is 1.32. The lowest BCUT2D eigenvalue weighted by Crippen LogP contribution is -2.37. The molecule has 1 aromatic rings. The van der Waals surface area contributed by atoms with E-state index in [1.165, 1.54) is 0 Å². The molecule has 0 unspecified atom stereocenters. The molecule has 0 radical (unpaired) electrons. The van der Waals surface area contributed by atoms with Gasteiger partial charge < -0.3 is 15.5 Å². The largest absolute Gasteiger partial charge is 0.448 e. The Hall–Kier alpha value is -0.710. The van der Waals surface area contributed by atoms with E-state index in [9.17, 15) is 4.79 Å². The Morgan fingerprint density at radius 3 is 2.79 bits per heavy atom. The maximum absolute atomic E-state index is 11.0. The summed E-state index contributed by atoms with van der Waals surface area (Å²) in [6.45, 7) is 1.93. The van der Waals surface area contributed by atoms with Gasteiger partial charge in [0.15, 0.2) is 5.22 Å². The van der Waals surface area contributed by atoms with Crippen molar-refractivity contribution in [2.75, 3.05) is 0 Å². The van der Waals surface area contributed by atoms with Crippen LogP contribution < -0.4 is 11.1 Å². The predicted molar refractivity (Wildman–Crippen MR) is 56.5 cm³/mol. The van der Waals surface area contributed by atoms with Gasteiger partial charge in [-0.2, -0.15) is 0 Å². The summed E-state index contributed by atoms with van der Waals surface area (Å²) in [6.07, 6.45) is 0. The number of nitrogens with two attached hydrogens (primary N) is 1. The number of nitrogens with one attached hydrogen (secondary N) is 1. The topological polar surface area (TPSA) is 68.3 Å². The Bertz CT molecular complexity index is 299. The molecule has 0 aromatic carbocycles. The standard InChI is InChI=1S/C8H11ClN2O2.ClH/c1-5(10)8(12)11-4-6-2-3-7(9)13-6;/h2-3,5H,4,10H2,1H3,(H,11,12);1H/t5-;/m1./s1. The Morgan fingerprint density at radius 2 is 2.36 bits per heavy atom. The van der Waals surface area contributed by atoms with Crippen LogP contribution in [0.2, 0.25) is 5.22 Å². The third-order valence-electron chi connectivity index (χ3n) is 1.48. The smallest absolute Gasteiger partial charge is 0.237 e. The lowest BCUT2D eigenvalue weighted by molar-refractivity contribution is -0.122. The van der Waals surface area contributed by atoms with Gasteiger partial charge >= 0.3 is 0 Å². The van der Waals surface area contributed by atoms with Crippen molar-refractivity contribution in [2.45, 2.75) is 19.5 Å². The van der Waals surface area contributed by atoms with E-state index < -0.39 is 6.04 Å². The highest BCUT2D eigenvalue weighted by molar-refractivity contribution is 6.28. The zero-order valence-corrected chi connectivity index (χ0v) is 9.19. The molecule has 1 atom stereocenters. The van der Waals surface area contributed by atoms with Gasteiger partial charge in [0.2, 0.25) is 5.91 Å². The zero-order chi connectivity index (χ0) is 9.84. The number of hydrogen-bond acceptors (Lipinski definition) is 3. The Labute approximate surface area is 93.2 Å². The van der Waals surface area contributed by atoms with E-state index in [-0.39, 0.29) is 18.3 Å². The summed E-state index contributed by atoms with van der Waals surface area (Å²) in [5.74, 6) is 0.395. The molecule has 0 saturated carbocycles. The molecule has 1 amide bonds. The van der Waals surface area contributed by atoms with Gasteiger partial charge in [-0.1, -0.05) is 0 Å². The average Bonchev–Trinajstić information content (AvgIpc) is 2.47. The van der Waals surface area contributed by atoms with E-state index in [2.05, 4.69) is 5.32 Å². The van der Waals surface area contributed by atoms with Crippen LogP contribution in [0.25, 0.3) is 0 Å². The molecule has 3 N–H and O–H groups in total. The number of furan rings is 1. The molecule has 4 nitrogen and oxygen atoms in total. The molecule has 80 valence electrons. The van der Waals surface area contributed by atoms with Crippen LogP contribution in [0.3, 0.4) is 0 Å². The van der Waals surface area contributed by atoms with Crippen molar-refractivity contribution in [3.63, 3.8) is 0 Å². The molecule has 14 heavy (non-hydrogen) atoms. The molecule has 0 bridgehead atoms. The number of hydrogen-bond donors (Lipinski definition) is 2. The van der Waals surface area contributed by atoms with Gasteiger partial charge in [-0.25, -0.2) is 0 Å². The number of rotatable bonds is 3. The molecule has 1 rings (SSSR count). The number of carbonyl (C=O) groups is 1. The van der Waals surface area contributed by atoms with Crippen LogP contribution in [-0.2, 0) is 11.3 Å². The van der Waals surface area contributed by atoms with Gasteiger partial charge in [0, 0.05) is 0 Å². The van der Waals surface area contributed by atoms with Crippen molar-refractivity contribution in [1.82, 2.24) is 5.32 Å². The normalized spacial score (nSPS) is 11.6. The highest BCUT2D eigenvalue weighted by atomic mass is 35.5. The van der Waals surface area contributed by atoms with Crippen LogP contribution in [0.1, 0.15) is 12.7 Å². The summed E-state index contributed by atoms with van der Waals surface area (Å²) in [4.78, 5) is 11.0. The minimum Gasteiger partial charge on any atom is -0.448 e. The van der Waals surface area contributed by atoms with Crippen LogP contribution in [0.15, 0.2) is 16.5 Å². The maximum atomic E-state index is 11.0. The van der Waals surface area contributed by atoms with Crippen molar-refractivity contribution in [3.05, 3.63) is 23.1 Å².